The lowest BCUT2D eigenvalue weighted by molar-refractivity contribution is -0.118. The molecule has 0 fully saturated rings. The van der Waals surface area contributed by atoms with Crippen LogP contribution in [0.25, 0.3) is 0 Å². The van der Waals surface area contributed by atoms with Gasteiger partial charge in [-0.15, -0.1) is 0 Å². The van der Waals surface area contributed by atoms with E-state index in [4.69, 9.17) is 10.8 Å². The summed E-state index contributed by atoms with van der Waals surface area (Å²) in [4.78, 5) is 52.2. The van der Waals surface area contributed by atoms with E-state index in [1.165, 1.54) is 26.2 Å². The molecule has 1 amide bonds. The maximum Gasteiger partial charge on any atom is 0.217 e. The summed E-state index contributed by atoms with van der Waals surface area (Å²) in [6.45, 7) is 11.3. The van der Waals surface area contributed by atoms with E-state index < -0.39 is 24.1 Å². The third-order valence-electron chi connectivity index (χ3n) is 4.22. The molecule has 0 rings (SSSR count). The second-order valence-electron chi connectivity index (χ2n) is 7.91. The Morgan fingerprint density at radius 3 is 1.62 bits per heavy atom. The van der Waals surface area contributed by atoms with Crippen LogP contribution in [0.4, 0.5) is 0 Å². The standard InChI is InChI=1S/C10H19N3O3.C7H14N2O3.C5H12.CH4/c1-7(2)9(6-15)13-12-8(5-14)3-4-10(11)16;1-5(3-10)8-9-7(4-11)6(2)12;1-3-5-4-2;/h5-9,12-13H,3-4H2,1-2H3,(H2,11,16);3-9,12H,1-2H3;3-5H2,1-2H3;1H4/t8-,9+;5-,6+,7+;;/m00../s1. The second-order valence-corrected chi connectivity index (χ2v) is 7.91. The number of carbonyl (C=O) groups excluding carboxylic acids is 5. The fraction of sp³-hybridized carbons (Fsp3) is 0.783. The minimum Gasteiger partial charge on any atom is -0.391 e. The van der Waals surface area contributed by atoms with Gasteiger partial charge in [-0.2, -0.15) is 0 Å². The van der Waals surface area contributed by atoms with Gasteiger partial charge in [-0.25, -0.2) is 21.7 Å². The average molecular weight is 492 g/mol. The third kappa shape index (κ3) is 26.2. The molecular weight excluding hydrogens is 442 g/mol. The molecule has 0 heterocycles. The molecule has 0 unspecified atom stereocenters. The van der Waals surface area contributed by atoms with Gasteiger partial charge >= 0.3 is 0 Å². The van der Waals surface area contributed by atoms with Crippen molar-refractivity contribution in [1.82, 2.24) is 21.7 Å². The Morgan fingerprint density at radius 1 is 0.824 bits per heavy atom. The van der Waals surface area contributed by atoms with Crippen LogP contribution in [0.15, 0.2) is 0 Å². The highest BCUT2D eigenvalue weighted by molar-refractivity contribution is 5.74. The monoisotopic (exact) mass is 491 g/mol. The molecular formula is C23H49N5O6. The fourth-order valence-electron chi connectivity index (χ4n) is 1.92. The van der Waals surface area contributed by atoms with Crippen molar-refractivity contribution >= 4 is 31.1 Å². The molecule has 11 heteroatoms. The summed E-state index contributed by atoms with van der Waals surface area (Å²) in [5, 5.41) is 8.98. The highest BCUT2D eigenvalue weighted by Crippen LogP contribution is 1.98. The van der Waals surface area contributed by atoms with Crippen molar-refractivity contribution in [3.8, 4) is 0 Å². The first kappa shape index (κ1) is 39.2. The smallest absolute Gasteiger partial charge is 0.217 e. The number of unbranched alkanes of at least 4 members (excludes halogenated alkanes) is 2. The summed E-state index contributed by atoms with van der Waals surface area (Å²) in [6.07, 6.45) is 6.46. The summed E-state index contributed by atoms with van der Waals surface area (Å²) in [6, 6.07) is -1.96. The van der Waals surface area contributed by atoms with Gasteiger partial charge in [-0.1, -0.05) is 54.4 Å². The van der Waals surface area contributed by atoms with Crippen LogP contribution in [0.2, 0.25) is 0 Å². The number of hydrazine groups is 2. The molecule has 0 aromatic carbocycles. The van der Waals surface area contributed by atoms with Gasteiger partial charge in [0, 0.05) is 6.42 Å². The molecule has 34 heavy (non-hydrogen) atoms. The predicted octanol–water partition coefficient (Wildman–Crippen LogP) is 0.586. The minimum absolute atomic E-state index is 0. The number of aldehydes is 4. The molecule has 0 aromatic rings. The topological polar surface area (TPSA) is 180 Å². The van der Waals surface area contributed by atoms with Crippen LogP contribution in [0.3, 0.4) is 0 Å². The van der Waals surface area contributed by atoms with Crippen molar-refractivity contribution < 1.29 is 29.1 Å². The van der Waals surface area contributed by atoms with Crippen molar-refractivity contribution in [3.05, 3.63) is 0 Å². The van der Waals surface area contributed by atoms with Crippen LogP contribution in [0.1, 0.15) is 81.1 Å². The summed E-state index contributed by atoms with van der Waals surface area (Å²) >= 11 is 0. The lowest BCUT2D eigenvalue weighted by Gasteiger charge is -2.19. The first-order valence-corrected chi connectivity index (χ1v) is 11.3. The molecule has 0 radical (unpaired) electrons. The molecule has 0 spiro atoms. The van der Waals surface area contributed by atoms with Crippen LogP contribution in [0, 0.1) is 5.92 Å². The van der Waals surface area contributed by atoms with Gasteiger partial charge in [0.05, 0.1) is 24.2 Å². The van der Waals surface area contributed by atoms with Gasteiger partial charge in [0.1, 0.15) is 31.2 Å². The Hall–Kier alpha value is -2.05. The number of hydrogen-bond acceptors (Lipinski definition) is 10. The zero-order valence-corrected chi connectivity index (χ0v) is 20.9. The maximum atomic E-state index is 10.6. The lowest BCUT2D eigenvalue weighted by Crippen LogP contribution is -2.51. The molecule has 11 nitrogen and oxygen atoms in total. The van der Waals surface area contributed by atoms with Crippen molar-refractivity contribution in [1.29, 1.82) is 0 Å². The fourth-order valence-corrected chi connectivity index (χ4v) is 1.92. The molecule has 0 aliphatic rings. The highest BCUT2D eigenvalue weighted by Gasteiger charge is 2.14. The normalized spacial score (nSPS) is 14.4. The van der Waals surface area contributed by atoms with Gasteiger partial charge in [0.15, 0.2) is 0 Å². The first-order valence-electron chi connectivity index (χ1n) is 11.3. The number of rotatable bonds is 17. The van der Waals surface area contributed by atoms with Gasteiger partial charge in [-0.3, -0.25) is 4.79 Å². The Kier molecular flexibility index (Phi) is 31.3. The quantitative estimate of drug-likeness (QED) is 0.124. The highest BCUT2D eigenvalue weighted by atomic mass is 16.3. The lowest BCUT2D eigenvalue weighted by atomic mass is 10.1. The summed E-state index contributed by atoms with van der Waals surface area (Å²) in [5.41, 5.74) is 15.5. The van der Waals surface area contributed by atoms with Crippen molar-refractivity contribution in [3.63, 3.8) is 0 Å². The van der Waals surface area contributed by atoms with E-state index in [-0.39, 0.29) is 31.8 Å². The number of nitrogens with two attached hydrogens (primary N) is 1. The number of aliphatic hydroxyl groups excluding tert-OH is 1. The average Bonchev–Trinajstić information content (AvgIpc) is 2.77. The predicted molar refractivity (Wildman–Crippen MR) is 135 cm³/mol. The Labute approximate surface area is 205 Å². The Morgan fingerprint density at radius 2 is 1.32 bits per heavy atom. The third-order valence-corrected chi connectivity index (χ3v) is 4.22. The summed E-state index contributed by atoms with van der Waals surface area (Å²) < 4.78 is 0. The van der Waals surface area contributed by atoms with Crippen molar-refractivity contribution in [2.24, 2.45) is 11.7 Å². The number of carbonyl (C=O) groups is 5. The van der Waals surface area contributed by atoms with E-state index >= 15 is 0 Å². The number of hydrogen-bond donors (Lipinski definition) is 6. The number of aliphatic hydroxyl groups is 1. The molecule has 0 saturated carbocycles. The second kappa shape index (κ2) is 27.2. The molecule has 0 aliphatic heterocycles. The zero-order valence-electron chi connectivity index (χ0n) is 20.9. The zero-order chi connectivity index (χ0) is 26.2. The molecule has 0 aromatic heterocycles. The van der Waals surface area contributed by atoms with Crippen molar-refractivity contribution in [2.45, 2.75) is 111 Å². The van der Waals surface area contributed by atoms with Crippen LogP contribution < -0.4 is 27.4 Å². The van der Waals surface area contributed by atoms with Gasteiger partial charge in [0.2, 0.25) is 5.91 Å². The molecule has 0 bridgehead atoms. The van der Waals surface area contributed by atoms with Gasteiger partial charge in [-0.05, 0) is 26.2 Å². The minimum atomic E-state index is -0.783. The van der Waals surface area contributed by atoms with Gasteiger partial charge in [0.25, 0.3) is 0 Å². The summed E-state index contributed by atoms with van der Waals surface area (Å²) in [7, 11) is 0. The molecule has 0 saturated heterocycles. The first-order chi connectivity index (χ1) is 15.5. The van der Waals surface area contributed by atoms with E-state index in [1.807, 2.05) is 13.8 Å². The largest absolute Gasteiger partial charge is 0.391 e. The van der Waals surface area contributed by atoms with Crippen molar-refractivity contribution in [2.75, 3.05) is 0 Å². The van der Waals surface area contributed by atoms with E-state index in [0.717, 1.165) is 6.29 Å². The number of amides is 1. The SMILES string of the molecule is C.CC(C)[C@@H](C=O)NN[C@H](C=O)CCC(N)=O.CCCCC.C[C@@H](C=O)NN[C@H](C=O)[C@@H](C)O. The Bertz CT molecular complexity index is 518. The van der Waals surface area contributed by atoms with E-state index in [2.05, 4.69) is 35.6 Å². The van der Waals surface area contributed by atoms with E-state index in [1.54, 1.807) is 6.92 Å². The molecule has 202 valence electrons. The van der Waals surface area contributed by atoms with E-state index in [0.29, 0.717) is 25.3 Å². The summed E-state index contributed by atoms with van der Waals surface area (Å²) in [5.74, 6) is -0.335. The number of nitrogens with one attached hydrogen (secondary N) is 4. The Balaban J connectivity index is -0.000000221. The van der Waals surface area contributed by atoms with Crippen LogP contribution in [-0.4, -0.2) is 66.4 Å². The van der Waals surface area contributed by atoms with Crippen LogP contribution in [-0.2, 0) is 24.0 Å². The number of primary amides is 1. The maximum absolute atomic E-state index is 10.6. The molecule has 5 atom stereocenters. The van der Waals surface area contributed by atoms with Gasteiger partial charge < -0.3 is 30.0 Å². The molecule has 0 aliphatic carbocycles. The van der Waals surface area contributed by atoms with Crippen LogP contribution in [0.5, 0.6) is 0 Å². The van der Waals surface area contributed by atoms with E-state index in [9.17, 15) is 24.0 Å². The molecule has 7 N–H and O–H groups in total. The van der Waals surface area contributed by atoms with Crippen LogP contribution >= 0.6 is 0 Å².